The Labute approximate surface area is 182 Å². The summed E-state index contributed by atoms with van der Waals surface area (Å²) < 4.78 is 7.17. The minimum atomic E-state index is 0. The maximum atomic E-state index is 5.19. The van der Waals surface area contributed by atoms with Crippen LogP contribution in [0, 0.1) is 6.92 Å². The monoisotopic (exact) mass is 504 g/mol. The van der Waals surface area contributed by atoms with Crippen molar-refractivity contribution in [3.8, 4) is 5.75 Å². The van der Waals surface area contributed by atoms with Crippen LogP contribution in [-0.4, -0.2) is 45.9 Å². The number of benzene rings is 1. The van der Waals surface area contributed by atoms with Gasteiger partial charge < -0.3 is 19.9 Å². The molecule has 0 amide bonds. The van der Waals surface area contributed by atoms with Gasteiger partial charge in [-0.15, -0.1) is 34.2 Å². The molecule has 0 fully saturated rings. The zero-order chi connectivity index (χ0) is 18.9. The number of ether oxygens (including phenoxy) is 1. The number of hydrogen-bond acceptors (Lipinski definition) is 5. The fourth-order valence-corrected chi connectivity index (χ4v) is 2.42. The van der Waals surface area contributed by atoms with Crippen molar-refractivity contribution in [2.75, 3.05) is 19.9 Å². The van der Waals surface area contributed by atoms with Gasteiger partial charge in [0.15, 0.2) is 11.8 Å². The highest BCUT2D eigenvalue weighted by Gasteiger charge is 2.07. The van der Waals surface area contributed by atoms with Gasteiger partial charge in [0.05, 0.1) is 20.2 Å². The normalized spacial score (nSPS) is 12.3. The van der Waals surface area contributed by atoms with Gasteiger partial charge in [-0.25, -0.2) is 4.99 Å². The van der Waals surface area contributed by atoms with E-state index in [2.05, 4.69) is 34.0 Å². The van der Waals surface area contributed by atoms with Gasteiger partial charge in [0, 0.05) is 18.8 Å². The molecule has 0 aliphatic carbocycles. The Bertz CT molecular complexity index is 719. The highest BCUT2D eigenvalue weighted by molar-refractivity contribution is 14.0. The number of aryl methyl sites for hydroxylation is 1. The van der Waals surface area contributed by atoms with E-state index in [1.165, 1.54) is 0 Å². The second-order valence-electron chi connectivity index (χ2n) is 6.02. The summed E-state index contributed by atoms with van der Waals surface area (Å²) in [6.45, 7) is 6.12. The lowest BCUT2D eigenvalue weighted by molar-refractivity contribution is 0.414. The topological polar surface area (TPSA) is 76.4 Å². The largest absolute Gasteiger partial charge is 0.497 e. The van der Waals surface area contributed by atoms with Crippen molar-refractivity contribution < 1.29 is 4.74 Å². The number of nitrogens with zero attached hydrogens (tertiary/aromatic N) is 4. The van der Waals surface area contributed by atoms with Crippen LogP contribution in [0.5, 0.6) is 5.75 Å². The molecule has 27 heavy (non-hydrogen) atoms. The number of hydrogen-bond donors (Lipinski definition) is 2. The molecule has 2 rings (SSSR count). The zero-order valence-corrected chi connectivity index (χ0v) is 19.7. The summed E-state index contributed by atoms with van der Waals surface area (Å²) in [6, 6.07) is 7.94. The lowest BCUT2D eigenvalue weighted by atomic mass is 10.2. The van der Waals surface area contributed by atoms with Crippen LogP contribution in [0.1, 0.15) is 24.1 Å². The number of halogens is 1. The number of thioether (sulfide) groups is 1. The average Bonchev–Trinajstić information content (AvgIpc) is 2.99. The zero-order valence-electron chi connectivity index (χ0n) is 16.5. The SMILES string of the molecule is COc1ccc(CN=C(NCc2nnc(C)n2C)NCC(C)SC)cc1.I. The molecule has 0 aliphatic heterocycles. The van der Waals surface area contributed by atoms with E-state index in [-0.39, 0.29) is 24.0 Å². The molecule has 9 heteroatoms. The van der Waals surface area contributed by atoms with Crippen LogP contribution in [0.2, 0.25) is 0 Å². The van der Waals surface area contributed by atoms with Crippen molar-refractivity contribution in [1.29, 1.82) is 0 Å². The van der Waals surface area contributed by atoms with Crippen LogP contribution in [0.25, 0.3) is 0 Å². The van der Waals surface area contributed by atoms with Gasteiger partial charge in [-0.2, -0.15) is 11.8 Å². The fraction of sp³-hybridized carbons (Fsp3) is 0.500. The number of methoxy groups -OCH3 is 1. The molecule has 1 aromatic carbocycles. The van der Waals surface area contributed by atoms with Crippen molar-refractivity contribution in [3.05, 3.63) is 41.5 Å². The smallest absolute Gasteiger partial charge is 0.192 e. The van der Waals surface area contributed by atoms with Crippen molar-refractivity contribution in [3.63, 3.8) is 0 Å². The van der Waals surface area contributed by atoms with E-state index in [0.717, 1.165) is 35.5 Å². The summed E-state index contributed by atoms with van der Waals surface area (Å²) in [5.41, 5.74) is 1.12. The summed E-state index contributed by atoms with van der Waals surface area (Å²) in [5, 5.41) is 15.5. The van der Waals surface area contributed by atoms with Gasteiger partial charge in [-0.3, -0.25) is 0 Å². The first kappa shape index (κ1) is 23.5. The molecule has 0 bridgehead atoms. The van der Waals surface area contributed by atoms with Crippen LogP contribution in [0.3, 0.4) is 0 Å². The van der Waals surface area contributed by atoms with E-state index >= 15 is 0 Å². The van der Waals surface area contributed by atoms with Gasteiger partial charge in [0.25, 0.3) is 0 Å². The Kier molecular flexibility index (Phi) is 10.5. The molecule has 1 aromatic heterocycles. The molecule has 0 spiro atoms. The average molecular weight is 504 g/mol. The Morgan fingerprint density at radius 3 is 2.52 bits per heavy atom. The second kappa shape index (κ2) is 12.1. The molecular weight excluding hydrogens is 475 g/mol. The molecule has 2 N–H and O–H groups in total. The highest BCUT2D eigenvalue weighted by atomic mass is 127. The van der Waals surface area contributed by atoms with Crippen molar-refractivity contribution in [2.45, 2.75) is 32.2 Å². The molecule has 7 nitrogen and oxygen atoms in total. The Hall–Kier alpha value is -1.49. The van der Waals surface area contributed by atoms with E-state index < -0.39 is 0 Å². The van der Waals surface area contributed by atoms with Gasteiger partial charge in [0.2, 0.25) is 0 Å². The molecule has 150 valence electrons. The summed E-state index contributed by atoms with van der Waals surface area (Å²) >= 11 is 1.82. The van der Waals surface area contributed by atoms with Gasteiger partial charge in [-0.05, 0) is 30.9 Å². The number of guanidine groups is 1. The quantitative estimate of drug-likeness (QED) is 0.327. The van der Waals surface area contributed by atoms with Crippen LogP contribution in [-0.2, 0) is 20.1 Å². The number of aliphatic imine (C=N–C) groups is 1. The molecule has 0 aliphatic rings. The Morgan fingerprint density at radius 1 is 1.26 bits per heavy atom. The molecule has 0 saturated heterocycles. The Morgan fingerprint density at radius 2 is 1.96 bits per heavy atom. The van der Waals surface area contributed by atoms with E-state index in [4.69, 9.17) is 9.73 Å². The summed E-state index contributed by atoms with van der Waals surface area (Å²) in [6.07, 6.45) is 2.11. The molecule has 1 heterocycles. The lowest BCUT2D eigenvalue weighted by Gasteiger charge is -2.15. The molecule has 0 radical (unpaired) electrons. The predicted octanol–water partition coefficient (Wildman–Crippen LogP) is 2.74. The molecule has 1 unspecified atom stereocenters. The maximum absolute atomic E-state index is 5.19. The van der Waals surface area contributed by atoms with Crippen LogP contribution in [0.15, 0.2) is 29.3 Å². The van der Waals surface area contributed by atoms with E-state index in [9.17, 15) is 0 Å². The molecular formula is C18H29IN6OS. The van der Waals surface area contributed by atoms with Gasteiger partial charge in [-0.1, -0.05) is 19.1 Å². The van der Waals surface area contributed by atoms with Crippen LogP contribution in [0.4, 0.5) is 0 Å². The number of aromatic nitrogens is 3. The number of nitrogens with one attached hydrogen (secondary N) is 2. The van der Waals surface area contributed by atoms with Crippen LogP contribution >= 0.6 is 35.7 Å². The third-order valence-electron chi connectivity index (χ3n) is 4.13. The molecule has 0 saturated carbocycles. The second-order valence-corrected chi connectivity index (χ2v) is 7.29. The minimum Gasteiger partial charge on any atom is -0.497 e. The van der Waals surface area contributed by atoms with Crippen LogP contribution < -0.4 is 15.4 Å². The number of rotatable bonds is 8. The third kappa shape index (κ3) is 7.57. The third-order valence-corrected chi connectivity index (χ3v) is 5.11. The minimum absolute atomic E-state index is 0. The summed E-state index contributed by atoms with van der Waals surface area (Å²) in [7, 11) is 3.63. The van der Waals surface area contributed by atoms with Crippen molar-refractivity contribution in [2.24, 2.45) is 12.0 Å². The standard InChI is InChI=1S/C18H28N6OS.HI/c1-13(26-5)10-19-18(21-12-17-23-22-14(2)24(17)3)20-11-15-6-8-16(25-4)9-7-15;/h6-9,13H,10-12H2,1-5H3,(H2,19,20,21);1H. The lowest BCUT2D eigenvalue weighted by Crippen LogP contribution is -2.40. The van der Waals surface area contributed by atoms with Gasteiger partial charge >= 0.3 is 0 Å². The molecule has 1 atom stereocenters. The van der Waals surface area contributed by atoms with Gasteiger partial charge in [0.1, 0.15) is 11.6 Å². The predicted molar refractivity (Wildman–Crippen MR) is 123 cm³/mol. The summed E-state index contributed by atoms with van der Waals surface area (Å²) in [5.74, 6) is 3.38. The first-order chi connectivity index (χ1) is 12.5. The highest BCUT2D eigenvalue weighted by Crippen LogP contribution is 2.12. The molecule has 2 aromatic rings. The Balaban J connectivity index is 0.00000364. The van der Waals surface area contributed by atoms with E-state index in [0.29, 0.717) is 18.3 Å². The first-order valence-electron chi connectivity index (χ1n) is 8.56. The fourth-order valence-electron chi connectivity index (χ4n) is 2.17. The van der Waals surface area contributed by atoms with Crippen molar-refractivity contribution >= 4 is 41.7 Å². The first-order valence-corrected chi connectivity index (χ1v) is 9.85. The maximum Gasteiger partial charge on any atom is 0.192 e. The van der Waals surface area contributed by atoms with E-state index in [1.807, 2.05) is 54.6 Å². The van der Waals surface area contributed by atoms with E-state index in [1.54, 1.807) is 7.11 Å². The van der Waals surface area contributed by atoms with Crippen molar-refractivity contribution in [1.82, 2.24) is 25.4 Å². The summed E-state index contributed by atoms with van der Waals surface area (Å²) in [4.78, 5) is 4.69.